The fraction of sp³-hybridized carbons (Fsp3) is 0.368. The van der Waals surface area contributed by atoms with Gasteiger partial charge in [0.1, 0.15) is 17.8 Å². The van der Waals surface area contributed by atoms with Gasteiger partial charge in [0.2, 0.25) is 5.91 Å². The van der Waals surface area contributed by atoms with Gasteiger partial charge in [-0.25, -0.2) is 9.97 Å². The van der Waals surface area contributed by atoms with Crippen molar-refractivity contribution in [2.75, 3.05) is 23.3 Å². The lowest BCUT2D eigenvalue weighted by Crippen LogP contribution is -2.45. The maximum Gasteiger partial charge on any atom is 0.433 e. The molecule has 1 aliphatic heterocycles. The van der Waals surface area contributed by atoms with E-state index in [1.54, 1.807) is 29.2 Å². The predicted molar refractivity (Wildman–Crippen MR) is 100 cm³/mol. The van der Waals surface area contributed by atoms with Crippen LogP contribution in [0.4, 0.5) is 24.7 Å². The van der Waals surface area contributed by atoms with E-state index in [4.69, 9.17) is 0 Å². The zero-order valence-corrected chi connectivity index (χ0v) is 15.7. The van der Waals surface area contributed by atoms with Crippen LogP contribution in [0.1, 0.15) is 35.8 Å². The number of rotatable bonds is 4. The van der Waals surface area contributed by atoms with Crippen LogP contribution < -0.4 is 15.5 Å². The summed E-state index contributed by atoms with van der Waals surface area (Å²) in [6, 6.07) is 7.43. The van der Waals surface area contributed by atoms with Crippen molar-refractivity contribution in [1.82, 2.24) is 15.3 Å². The Morgan fingerprint density at radius 3 is 2.52 bits per heavy atom. The summed E-state index contributed by atoms with van der Waals surface area (Å²) in [5, 5.41) is 5.56. The van der Waals surface area contributed by atoms with Crippen molar-refractivity contribution in [1.29, 1.82) is 0 Å². The normalized spacial score (nSPS) is 15.1. The summed E-state index contributed by atoms with van der Waals surface area (Å²) in [6.45, 7) is 2.31. The molecular formula is C19H20F3N5O2. The number of aromatic nitrogens is 2. The average Bonchev–Trinajstić information content (AvgIpc) is 2.68. The lowest BCUT2D eigenvalue weighted by molar-refractivity contribution is -0.141. The van der Waals surface area contributed by atoms with Gasteiger partial charge in [0, 0.05) is 43.4 Å². The third kappa shape index (κ3) is 5.43. The quantitative estimate of drug-likeness (QED) is 0.814. The molecule has 0 radical (unpaired) electrons. The zero-order chi connectivity index (χ0) is 21.0. The van der Waals surface area contributed by atoms with Crippen LogP contribution >= 0.6 is 0 Å². The summed E-state index contributed by atoms with van der Waals surface area (Å²) in [4.78, 5) is 32.6. The van der Waals surface area contributed by atoms with Crippen LogP contribution in [-0.4, -0.2) is 40.9 Å². The maximum absolute atomic E-state index is 12.8. The van der Waals surface area contributed by atoms with Gasteiger partial charge in [0.25, 0.3) is 5.91 Å². The topological polar surface area (TPSA) is 87.2 Å². The molecule has 1 saturated heterocycles. The number of anilines is 2. The molecule has 1 aromatic carbocycles. The molecule has 154 valence electrons. The summed E-state index contributed by atoms with van der Waals surface area (Å²) in [7, 11) is 0. The van der Waals surface area contributed by atoms with Crippen LogP contribution in [0.15, 0.2) is 36.7 Å². The van der Waals surface area contributed by atoms with Crippen molar-refractivity contribution < 1.29 is 22.8 Å². The predicted octanol–water partition coefficient (Wildman–Crippen LogP) is 2.85. The molecule has 0 unspecified atom stereocenters. The minimum Gasteiger partial charge on any atom is -0.356 e. The Bertz CT molecular complexity index is 895. The molecule has 1 fully saturated rings. The molecule has 7 nitrogen and oxygen atoms in total. The zero-order valence-electron chi connectivity index (χ0n) is 15.7. The summed E-state index contributed by atoms with van der Waals surface area (Å²) in [5.74, 6) is -0.273. The second-order valence-corrected chi connectivity index (χ2v) is 6.76. The summed E-state index contributed by atoms with van der Waals surface area (Å²) >= 11 is 0. The molecule has 0 atom stereocenters. The van der Waals surface area contributed by atoms with Crippen molar-refractivity contribution in [3.05, 3.63) is 47.9 Å². The highest BCUT2D eigenvalue weighted by atomic mass is 19.4. The first-order valence-electron chi connectivity index (χ1n) is 9.05. The highest BCUT2D eigenvalue weighted by molar-refractivity contribution is 5.96. The van der Waals surface area contributed by atoms with E-state index in [9.17, 15) is 22.8 Å². The first-order valence-corrected chi connectivity index (χ1v) is 9.05. The fourth-order valence-electron chi connectivity index (χ4n) is 3.14. The highest BCUT2D eigenvalue weighted by Gasteiger charge is 2.33. The minimum atomic E-state index is -4.52. The number of amides is 2. The van der Waals surface area contributed by atoms with Crippen molar-refractivity contribution >= 4 is 23.3 Å². The van der Waals surface area contributed by atoms with E-state index >= 15 is 0 Å². The second kappa shape index (κ2) is 8.46. The van der Waals surface area contributed by atoms with E-state index in [2.05, 4.69) is 20.6 Å². The number of alkyl halides is 3. The van der Waals surface area contributed by atoms with Crippen molar-refractivity contribution in [2.45, 2.75) is 32.0 Å². The number of hydrogen-bond donors (Lipinski definition) is 2. The van der Waals surface area contributed by atoms with Crippen LogP contribution in [0.25, 0.3) is 0 Å². The largest absolute Gasteiger partial charge is 0.433 e. The summed E-state index contributed by atoms with van der Waals surface area (Å²) in [5.41, 5.74) is -0.0227. The molecule has 2 aromatic rings. The third-order valence-corrected chi connectivity index (χ3v) is 4.54. The first-order chi connectivity index (χ1) is 13.7. The third-order valence-electron chi connectivity index (χ3n) is 4.54. The minimum absolute atomic E-state index is 0.105. The number of halogens is 3. The van der Waals surface area contributed by atoms with Gasteiger partial charge in [-0.3, -0.25) is 9.59 Å². The van der Waals surface area contributed by atoms with Gasteiger partial charge in [-0.2, -0.15) is 13.2 Å². The Balaban J connectivity index is 1.57. The van der Waals surface area contributed by atoms with E-state index in [1.807, 2.05) is 0 Å². The highest BCUT2D eigenvalue weighted by Crippen LogP contribution is 2.29. The van der Waals surface area contributed by atoms with E-state index in [-0.39, 0.29) is 23.7 Å². The van der Waals surface area contributed by atoms with Gasteiger partial charge in [0.05, 0.1) is 0 Å². The molecular weight excluding hydrogens is 387 g/mol. The average molecular weight is 407 g/mol. The molecule has 2 N–H and O–H groups in total. The first kappa shape index (κ1) is 20.6. The second-order valence-electron chi connectivity index (χ2n) is 6.76. The van der Waals surface area contributed by atoms with Crippen molar-refractivity contribution in [3.63, 3.8) is 0 Å². The van der Waals surface area contributed by atoms with Gasteiger partial charge < -0.3 is 15.5 Å². The van der Waals surface area contributed by atoms with E-state index in [0.717, 1.165) is 12.4 Å². The molecule has 1 aliphatic rings. The molecule has 2 heterocycles. The Labute approximate surface area is 165 Å². The Hall–Kier alpha value is -3.17. The lowest BCUT2D eigenvalue weighted by Gasteiger charge is -2.33. The van der Waals surface area contributed by atoms with Crippen LogP contribution in [0.2, 0.25) is 0 Å². The smallest absolute Gasteiger partial charge is 0.356 e. The van der Waals surface area contributed by atoms with Crippen molar-refractivity contribution in [2.24, 2.45) is 0 Å². The maximum atomic E-state index is 12.8. The Morgan fingerprint density at radius 2 is 1.86 bits per heavy atom. The lowest BCUT2D eigenvalue weighted by atomic mass is 10.0. The number of hydrogen-bond acceptors (Lipinski definition) is 5. The Kier molecular flexibility index (Phi) is 6.00. The summed E-state index contributed by atoms with van der Waals surface area (Å²) in [6.07, 6.45) is -2.46. The van der Waals surface area contributed by atoms with Gasteiger partial charge in [-0.15, -0.1) is 0 Å². The van der Waals surface area contributed by atoms with Crippen LogP contribution in [0, 0.1) is 0 Å². The number of carbonyl (C=O) groups excluding carboxylic acids is 2. The van der Waals surface area contributed by atoms with Gasteiger partial charge >= 0.3 is 6.18 Å². The number of piperidine rings is 1. The van der Waals surface area contributed by atoms with E-state index in [0.29, 0.717) is 37.2 Å². The fourth-order valence-corrected chi connectivity index (χ4v) is 3.14. The molecule has 0 aliphatic carbocycles. The summed E-state index contributed by atoms with van der Waals surface area (Å²) < 4.78 is 38.5. The number of nitrogens with one attached hydrogen (secondary N) is 2. The van der Waals surface area contributed by atoms with Crippen LogP contribution in [0.3, 0.4) is 0 Å². The number of carbonyl (C=O) groups is 2. The Morgan fingerprint density at radius 1 is 1.14 bits per heavy atom. The molecule has 0 bridgehead atoms. The number of nitrogens with zero attached hydrogens (tertiary/aromatic N) is 3. The number of benzene rings is 1. The monoisotopic (exact) mass is 407 g/mol. The van der Waals surface area contributed by atoms with Crippen LogP contribution in [-0.2, 0) is 11.0 Å². The van der Waals surface area contributed by atoms with Crippen molar-refractivity contribution in [3.8, 4) is 0 Å². The van der Waals surface area contributed by atoms with Gasteiger partial charge in [0.15, 0.2) is 0 Å². The SMILES string of the molecule is CC(=O)Nc1cccc(C(=O)NC2CCN(c3cc(C(F)(F)F)ncn3)CC2)c1. The molecule has 3 rings (SSSR count). The molecule has 29 heavy (non-hydrogen) atoms. The molecule has 10 heteroatoms. The standard InChI is InChI=1S/C19H20F3N5O2/c1-12(28)25-15-4-2-3-13(9-15)18(29)26-14-5-7-27(8-6-14)17-10-16(19(20,21)22)23-11-24-17/h2-4,9-11,14H,5-8H2,1H3,(H,25,28)(H,26,29). The van der Waals surface area contributed by atoms with E-state index in [1.165, 1.54) is 6.92 Å². The van der Waals surface area contributed by atoms with Gasteiger partial charge in [-0.05, 0) is 31.0 Å². The molecule has 1 aromatic heterocycles. The molecule has 0 spiro atoms. The van der Waals surface area contributed by atoms with Crippen LogP contribution in [0.5, 0.6) is 0 Å². The van der Waals surface area contributed by atoms with Gasteiger partial charge in [-0.1, -0.05) is 6.07 Å². The van der Waals surface area contributed by atoms with E-state index < -0.39 is 11.9 Å². The molecule has 2 amide bonds. The molecule has 0 saturated carbocycles.